The van der Waals surface area contributed by atoms with E-state index in [2.05, 4.69) is 10.6 Å². The zero-order valence-electron chi connectivity index (χ0n) is 10.9. The van der Waals surface area contributed by atoms with Crippen LogP contribution in [0.3, 0.4) is 0 Å². The van der Waals surface area contributed by atoms with Gasteiger partial charge in [0.1, 0.15) is 5.75 Å². The molecule has 0 radical (unpaired) electrons. The predicted octanol–water partition coefficient (Wildman–Crippen LogP) is 0.547. The molecule has 2 N–H and O–H groups in total. The molecule has 0 atom stereocenters. The average molecular weight is 252 g/mol. The molecule has 0 unspecified atom stereocenters. The lowest BCUT2D eigenvalue weighted by molar-refractivity contribution is -0.122. The van der Waals surface area contributed by atoms with E-state index in [-0.39, 0.29) is 12.5 Å². The fourth-order valence-corrected chi connectivity index (χ4v) is 1.33. The van der Waals surface area contributed by atoms with Crippen molar-refractivity contribution in [3.8, 4) is 5.75 Å². The molecule has 0 bridgehead atoms. The number of carbonyl (C=O) groups is 1. The Morgan fingerprint density at radius 3 is 2.61 bits per heavy atom. The molecule has 0 spiro atoms. The lowest BCUT2D eigenvalue weighted by Crippen LogP contribution is -2.24. The van der Waals surface area contributed by atoms with Crippen LogP contribution in [0.25, 0.3) is 0 Å². The van der Waals surface area contributed by atoms with Crippen LogP contribution in [0.4, 0.5) is 0 Å². The van der Waals surface area contributed by atoms with Gasteiger partial charge in [-0.3, -0.25) is 4.79 Å². The quantitative estimate of drug-likeness (QED) is 0.663. The first kappa shape index (κ1) is 14.5. The van der Waals surface area contributed by atoms with Gasteiger partial charge in [-0.15, -0.1) is 0 Å². The van der Waals surface area contributed by atoms with Crippen molar-refractivity contribution < 1.29 is 14.3 Å². The van der Waals surface area contributed by atoms with Crippen molar-refractivity contribution in [2.45, 2.75) is 6.54 Å². The minimum Gasteiger partial charge on any atom is -0.484 e. The number of benzene rings is 1. The summed E-state index contributed by atoms with van der Waals surface area (Å²) in [6.45, 7) is 2.36. The van der Waals surface area contributed by atoms with Crippen molar-refractivity contribution >= 4 is 5.91 Å². The van der Waals surface area contributed by atoms with E-state index in [0.717, 1.165) is 13.1 Å². The first-order chi connectivity index (χ1) is 8.76. The van der Waals surface area contributed by atoms with E-state index < -0.39 is 0 Å². The molecule has 5 heteroatoms. The van der Waals surface area contributed by atoms with Crippen LogP contribution in [0.2, 0.25) is 0 Å². The fraction of sp³-hybridized carbons (Fsp3) is 0.462. The summed E-state index contributed by atoms with van der Waals surface area (Å²) >= 11 is 0. The van der Waals surface area contributed by atoms with Crippen LogP contribution < -0.4 is 15.4 Å². The van der Waals surface area contributed by atoms with Gasteiger partial charge in [-0.05, 0) is 17.7 Å². The monoisotopic (exact) mass is 252 g/mol. The number of methoxy groups -OCH3 is 1. The van der Waals surface area contributed by atoms with Crippen molar-refractivity contribution in [2.24, 2.45) is 0 Å². The number of hydrogen-bond donors (Lipinski definition) is 2. The van der Waals surface area contributed by atoms with Crippen molar-refractivity contribution in [1.82, 2.24) is 10.6 Å². The zero-order valence-corrected chi connectivity index (χ0v) is 10.9. The highest BCUT2D eigenvalue weighted by atomic mass is 16.5. The molecule has 1 rings (SSSR count). The Labute approximate surface area is 107 Å². The third kappa shape index (κ3) is 5.65. The van der Waals surface area contributed by atoms with E-state index >= 15 is 0 Å². The van der Waals surface area contributed by atoms with E-state index in [4.69, 9.17) is 9.47 Å². The maximum absolute atomic E-state index is 11.0. The number of nitrogens with one attached hydrogen (secondary N) is 2. The minimum absolute atomic E-state index is 0.0436. The number of carbonyl (C=O) groups excluding carboxylic acids is 1. The van der Waals surface area contributed by atoms with Crippen molar-refractivity contribution in [3.05, 3.63) is 29.8 Å². The van der Waals surface area contributed by atoms with Gasteiger partial charge >= 0.3 is 0 Å². The summed E-state index contributed by atoms with van der Waals surface area (Å²) in [6, 6.07) is 7.66. The summed E-state index contributed by atoms with van der Waals surface area (Å²) in [5.41, 5.74) is 1.17. The first-order valence-corrected chi connectivity index (χ1v) is 5.88. The van der Waals surface area contributed by atoms with E-state index in [1.807, 2.05) is 24.3 Å². The maximum Gasteiger partial charge on any atom is 0.257 e. The van der Waals surface area contributed by atoms with Gasteiger partial charge in [0.2, 0.25) is 0 Å². The van der Waals surface area contributed by atoms with Crippen LogP contribution in [0.5, 0.6) is 5.75 Å². The summed E-state index contributed by atoms with van der Waals surface area (Å²) in [4.78, 5) is 11.0. The summed E-state index contributed by atoms with van der Waals surface area (Å²) < 4.78 is 10.2. The van der Waals surface area contributed by atoms with Crippen LogP contribution >= 0.6 is 0 Å². The van der Waals surface area contributed by atoms with Crippen LogP contribution in [0.1, 0.15) is 5.56 Å². The molecule has 0 fully saturated rings. The molecule has 1 aromatic rings. The molecule has 0 saturated carbocycles. The third-order valence-corrected chi connectivity index (χ3v) is 2.38. The Morgan fingerprint density at radius 2 is 2.00 bits per heavy atom. The molecular formula is C13H20N2O3. The van der Waals surface area contributed by atoms with Crippen molar-refractivity contribution in [3.63, 3.8) is 0 Å². The Hall–Kier alpha value is -1.59. The smallest absolute Gasteiger partial charge is 0.257 e. The number of amides is 1. The van der Waals surface area contributed by atoms with Gasteiger partial charge in [0.05, 0.1) is 6.61 Å². The molecule has 0 aliphatic rings. The highest BCUT2D eigenvalue weighted by Crippen LogP contribution is 2.11. The topological polar surface area (TPSA) is 59.6 Å². The second-order valence-electron chi connectivity index (χ2n) is 3.78. The Bertz CT molecular complexity index is 352. The summed E-state index contributed by atoms with van der Waals surface area (Å²) in [7, 11) is 3.26. The van der Waals surface area contributed by atoms with Gasteiger partial charge in [0.25, 0.3) is 5.91 Å². The van der Waals surface area contributed by atoms with Crippen LogP contribution in [-0.4, -0.2) is 39.8 Å². The number of likely N-dealkylation sites (N-methyl/N-ethyl adjacent to an activating group) is 1. The molecule has 0 aromatic heterocycles. The number of ether oxygens (including phenoxy) is 2. The normalized spacial score (nSPS) is 10.1. The van der Waals surface area contributed by atoms with E-state index in [9.17, 15) is 4.79 Å². The van der Waals surface area contributed by atoms with Gasteiger partial charge in [-0.2, -0.15) is 0 Å². The highest BCUT2D eigenvalue weighted by Gasteiger charge is 1.99. The molecule has 18 heavy (non-hydrogen) atoms. The zero-order chi connectivity index (χ0) is 13.2. The largest absolute Gasteiger partial charge is 0.484 e. The molecule has 1 amide bonds. The molecule has 5 nitrogen and oxygen atoms in total. The van der Waals surface area contributed by atoms with Gasteiger partial charge in [0.15, 0.2) is 6.61 Å². The second-order valence-corrected chi connectivity index (χ2v) is 3.78. The first-order valence-electron chi connectivity index (χ1n) is 5.88. The van der Waals surface area contributed by atoms with Gasteiger partial charge in [-0.1, -0.05) is 12.1 Å². The van der Waals surface area contributed by atoms with Crippen molar-refractivity contribution in [2.75, 3.05) is 33.9 Å². The van der Waals surface area contributed by atoms with Gasteiger partial charge in [0, 0.05) is 27.2 Å². The lowest BCUT2D eigenvalue weighted by Gasteiger charge is -2.07. The predicted molar refractivity (Wildman–Crippen MR) is 69.6 cm³/mol. The van der Waals surface area contributed by atoms with E-state index in [0.29, 0.717) is 12.4 Å². The van der Waals surface area contributed by atoms with E-state index in [1.165, 1.54) is 5.56 Å². The van der Waals surface area contributed by atoms with Gasteiger partial charge in [-0.25, -0.2) is 0 Å². The maximum atomic E-state index is 11.0. The second kappa shape index (κ2) is 8.49. The van der Waals surface area contributed by atoms with Crippen LogP contribution in [0.15, 0.2) is 24.3 Å². The highest BCUT2D eigenvalue weighted by molar-refractivity contribution is 5.77. The number of hydrogen-bond acceptors (Lipinski definition) is 4. The van der Waals surface area contributed by atoms with Crippen LogP contribution in [0, 0.1) is 0 Å². The summed E-state index contributed by atoms with van der Waals surface area (Å²) in [6.07, 6.45) is 0. The Kier molecular flexibility index (Phi) is 6.83. The summed E-state index contributed by atoms with van der Waals surface area (Å²) in [5.74, 6) is 0.555. The Morgan fingerprint density at radius 1 is 1.28 bits per heavy atom. The molecule has 0 heterocycles. The van der Waals surface area contributed by atoms with Gasteiger partial charge < -0.3 is 20.1 Å². The third-order valence-electron chi connectivity index (χ3n) is 2.38. The lowest BCUT2D eigenvalue weighted by atomic mass is 10.2. The molecule has 100 valence electrons. The molecule has 0 aliphatic heterocycles. The SMILES string of the molecule is CNC(=O)COc1ccc(CNCCOC)cc1. The van der Waals surface area contributed by atoms with Crippen molar-refractivity contribution in [1.29, 1.82) is 0 Å². The summed E-state index contributed by atoms with van der Waals surface area (Å²) in [5, 5.41) is 5.75. The number of rotatable bonds is 8. The molecule has 1 aromatic carbocycles. The Balaban J connectivity index is 2.31. The van der Waals surface area contributed by atoms with Crippen LogP contribution in [-0.2, 0) is 16.1 Å². The molecular weight excluding hydrogens is 232 g/mol. The standard InChI is InChI=1S/C13H20N2O3/c1-14-13(16)10-18-12-5-3-11(4-6-12)9-15-7-8-17-2/h3-6,15H,7-10H2,1-2H3,(H,14,16). The molecule has 0 saturated heterocycles. The molecule has 0 aliphatic carbocycles. The average Bonchev–Trinajstić information content (AvgIpc) is 2.42. The fourth-order valence-electron chi connectivity index (χ4n) is 1.33. The van der Waals surface area contributed by atoms with E-state index in [1.54, 1.807) is 14.2 Å². The minimum atomic E-state index is -0.139.